The second-order valence-corrected chi connectivity index (χ2v) is 17.0. The molecule has 0 radical (unpaired) electrons. The zero-order valence-corrected chi connectivity index (χ0v) is 33.3. The van der Waals surface area contributed by atoms with Crippen molar-refractivity contribution in [1.29, 1.82) is 0 Å². The molecule has 0 saturated carbocycles. The number of aromatic nitrogens is 4. The van der Waals surface area contributed by atoms with Crippen molar-refractivity contribution in [2.75, 3.05) is 0 Å². The van der Waals surface area contributed by atoms with E-state index in [-0.39, 0.29) is 21.2 Å². The number of hydrogen-bond acceptors (Lipinski definition) is 10. The van der Waals surface area contributed by atoms with Crippen molar-refractivity contribution in [1.82, 2.24) is 19.9 Å². The van der Waals surface area contributed by atoms with Gasteiger partial charge >= 0.3 is 0 Å². The average molecular weight is 865 g/mol. The van der Waals surface area contributed by atoms with Crippen LogP contribution in [0.25, 0.3) is 90.9 Å². The van der Waals surface area contributed by atoms with Crippen LogP contribution in [-0.4, -0.2) is 55.7 Å². The van der Waals surface area contributed by atoms with E-state index in [9.17, 15) is 46.2 Å². The topological polar surface area (TPSA) is 252 Å². The Morgan fingerprint density at radius 1 is 0.403 bits per heavy atom. The van der Waals surface area contributed by atoms with E-state index >= 15 is 0 Å². The first-order chi connectivity index (χ1) is 29.6. The van der Waals surface area contributed by atoms with Crippen LogP contribution in [0.4, 0.5) is 11.4 Å². The third kappa shape index (κ3) is 7.34. The highest BCUT2D eigenvalue weighted by atomic mass is 32.2. The van der Waals surface area contributed by atoms with Gasteiger partial charge in [0.25, 0.3) is 31.6 Å². The van der Waals surface area contributed by atoms with Crippen LogP contribution in [0.15, 0.2) is 131 Å². The number of nitrogens with one attached hydrogen (secondary N) is 2. The van der Waals surface area contributed by atoms with Gasteiger partial charge in [0, 0.05) is 68.6 Å². The van der Waals surface area contributed by atoms with Crippen molar-refractivity contribution in [3.63, 3.8) is 0 Å². The summed E-state index contributed by atoms with van der Waals surface area (Å²) in [6.45, 7) is 0. The van der Waals surface area contributed by atoms with Crippen LogP contribution in [0.1, 0.15) is 22.8 Å². The first-order valence-electron chi connectivity index (χ1n) is 18.4. The summed E-state index contributed by atoms with van der Waals surface area (Å²) in [6, 6.07) is 30.4. The van der Waals surface area contributed by atoms with Gasteiger partial charge in [0.1, 0.15) is 0 Å². The Hall–Kier alpha value is -7.90. The van der Waals surface area contributed by atoms with Gasteiger partial charge in [-0.1, -0.05) is 24.3 Å². The minimum absolute atomic E-state index is 0.121. The molecule has 9 rings (SSSR count). The molecule has 2 aliphatic heterocycles. The van der Waals surface area contributed by atoms with E-state index in [2.05, 4.69) is 9.97 Å². The number of fused-ring (bicyclic) bond motifs is 8. The van der Waals surface area contributed by atoms with E-state index in [4.69, 9.17) is 9.97 Å². The average Bonchev–Trinajstić information content (AvgIpc) is 4.09. The van der Waals surface area contributed by atoms with Gasteiger partial charge < -0.3 is 9.97 Å². The molecule has 306 valence electrons. The quantitative estimate of drug-likeness (QED) is 0.0633. The fraction of sp³-hybridized carbons (Fsp3) is 0. The lowest BCUT2D eigenvalue weighted by molar-refractivity contribution is -0.385. The molecule has 8 bridgehead atoms. The minimum Gasteiger partial charge on any atom is -0.354 e. The van der Waals surface area contributed by atoms with Crippen LogP contribution < -0.4 is 0 Å². The van der Waals surface area contributed by atoms with Crippen molar-refractivity contribution in [3.8, 4) is 44.5 Å². The molecule has 0 atom stereocenters. The summed E-state index contributed by atoms with van der Waals surface area (Å²) in [5, 5.41) is 23.3. The van der Waals surface area contributed by atoms with Gasteiger partial charge in [0.2, 0.25) is 0 Å². The van der Waals surface area contributed by atoms with Gasteiger partial charge in [0.15, 0.2) is 0 Å². The molecule has 4 aromatic carbocycles. The summed E-state index contributed by atoms with van der Waals surface area (Å²) >= 11 is 0. The van der Waals surface area contributed by atoms with Crippen molar-refractivity contribution in [3.05, 3.63) is 164 Å². The number of nitrogens with zero attached hydrogens (tertiary/aromatic N) is 4. The van der Waals surface area contributed by atoms with Gasteiger partial charge in [-0.3, -0.25) is 29.3 Å². The number of non-ortho nitro benzene ring substituents is 2. The summed E-state index contributed by atoms with van der Waals surface area (Å²) in [4.78, 5) is 38.8. The Bertz CT molecular complexity index is 3330. The normalized spacial score (nSPS) is 12.4. The number of hydrogen-bond donors (Lipinski definition) is 4. The molecule has 62 heavy (non-hydrogen) atoms. The van der Waals surface area contributed by atoms with Gasteiger partial charge in [0.05, 0.1) is 42.4 Å². The molecular formula is C44H28N6O10S2. The predicted molar refractivity (Wildman–Crippen MR) is 234 cm³/mol. The summed E-state index contributed by atoms with van der Waals surface area (Å²) in [5.74, 6) is 0. The third-order valence-electron chi connectivity index (χ3n) is 10.4. The SMILES string of the molecule is O=[N+]([O-])c1ccc(-c2c3nc(c(-c4ccc(S(=O)(=O)O)cc4)c4nc(c(-c5ccc([N+](=O)[O-])cc5)c5ccc([nH]5)c(-c5ccc(S(=O)(=O)O)cc5)c5ccc2[nH]5)C=C4)C=C3)cc1. The molecule has 4 N–H and O–H groups in total. The predicted octanol–water partition coefficient (Wildman–Crippen LogP) is 9.63. The van der Waals surface area contributed by atoms with Crippen molar-refractivity contribution in [2.45, 2.75) is 9.79 Å². The van der Waals surface area contributed by atoms with Crippen molar-refractivity contribution >= 4 is 78.0 Å². The van der Waals surface area contributed by atoms with E-state index in [1.165, 1.54) is 60.7 Å². The second kappa shape index (κ2) is 15.0. The molecule has 0 fully saturated rings. The highest BCUT2D eigenvalue weighted by molar-refractivity contribution is 7.86. The third-order valence-corrected chi connectivity index (χ3v) is 12.1. The maximum atomic E-state index is 12.0. The summed E-state index contributed by atoms with van der Waals surface area (Å²) in [5.41, 5.74) is 8.13. The largest absolute Gasteiger partial charge is 0.354 e. The molecule has 0 aliphatic carbocycles. The molecule has 7 aromatic rings. The van der Waals surface area contributed by atoms with Gasteiger partial charge in [-0.05, 0) is 119 Å². The second-order valence-electron chi connectivity index (χ2n) is 14.1. The number of H-pyrrole nitrogens is 2. The number of benzene rings is 4. The lowest BCUT2D eigenvalue weighted by atomic mass is 10.0. The van der Waals surface area contributed by atoms with Crippen molar-refractivity contribution < 1.29 is 35.8 Å². The maximum Gasteiger partial charge on any atom is 0.294 e. The molecule has 0 unspecified atom stereocenters. The first-order valence-corrected chi connectivity index (χ1v) is 21.3. The standard InChI is InChI=1S/C44H28N6O10S2/c51-49(52)29-9-1-25(2-10-29)41-33-17-21-37(45-33)43(27-5-13-31(14-6-27)61(55,56)57)39-23-19-35(47-39)42(26-3-11-30(12-4-26)50(53)54)36-20-24-40(48-36)44(38-22-18-34(41)46-38)28-7-15-32(16-8-28)62(58,59)60/h1-24,45,47H,(H,55,56,57)(H,58,59,60). The Morgan fingerprint density at radius 2 is 0.677 bits per heavy atom. The van der Waals surface area contributed by atoms with Gasteiger partial charge in [-0.15, -0.1) is 0 Å². The molecule has 0 saturated heterocycles. The lowest BCUT2D eigenvalue weighted by Crippen LogP contribution is -1.98. The van der Waals surface area contributed by atoms with E-state index in [1.807, 2.05) is 24.3 Å². The Kier molecular flexibility index (Phi) is 9.56. The van der Waals surface area contributed by atoms with E-state index < -0.39 is 30.1 Å². The molecular weight excluding hydrogens is 837 g/mol. The monoisotopic (exact) mass is 864 g/mol. The van der Waals surface area contributed by atoms with Gasteiger partial charge in [-0.2, -0.15) is 16.8 Å². The number of nitro benzene ring substituents is 2. The van der Waals surface area contributed by atoms with Gasteiger partial charge in [-0.25, -0.2) is 9.97 Å². The lowest BCUT2D eigenvalue weighted by Gasteiger charge is -2.08. The smallest absolute Gasteiger partial charge is 0.294 e. The van der Waals surface area contributed by atoms with Crippen LogP contribution in [0.5, 0.6) is 0 Å². The van der Waals surface area contributed by atoms with Crippen LogP contribution in [0.3, 0.4) is 0 Å². The zero-order chi connectivity index (χ0) is 43.5. The highest BCUT2D eigenvalue weighted by Crippen LogP contribution is 2.39. The summed E-state index contributed by atoms with van der Waals surface area (Å²) in [6.07, 6.45) is 7.06. The first kappa shape index (κ1) is 39.6. The molecule has 0 spiro atoms. The molecule has 18 heteroatoms. The van der Waals surface area contributed by atoms with Crippen LogP contribution in [0.2, 0.25) is 0 Å². The Labute approximate surface area is 351 Å². The van der Waals surface area contributed by atoms with Crippen LogP contribution in [0, 0.1) is 20.2 Å². The highest BCUT2D eigenvalue weighted by Gasteiger charge is 2.21. The maximum absolute atomic E-state index is 12.0. The number of rotatable bonds is 8. The van der Waals surface area contributed by atoms with Crippen LogP contribution in [-0.2, 0) is 20.2 Å². The summed E-state index contributed by atoms with van der Waals surface area (Å²) in [7, 11) is -9.03. The fourth-order valence-corrected chi connectivity index (χ4v) is 8.47. The molecule has 16 nitrogen and oxygen atoms in total. The molecule has 5 heterocycles. The minimum atomic E-state index is -4.52. The van der Waals surface area contributed by atoms with Crippen LogP contribution >= 0.6 is 0 Å². The molecule has 2 aliphatic rings. The number of nitro groups is 2. The Balaban J connectivity index is 1.43. The summed E-state index contributed by atoms with van der Waals surface area (Å²) < 4.78 is 67.5. The zero-order valence-electron chi connectivity index (χ0n) is 31.6. The number of aromatic amines is 2. The fourth-order valence-electron chi connectivity index (χ4n) is 7.51. The van der Waals surface area contributed by atoms with Crippen molar-refractivity contribution in [2.24, 2.45) is 0 Å². The Morgan fingerprint density at radius 3 is 1.00 bits per heavy atom. The van der Waals surface area contributed by atoms with E-state index in [0.29, 0.717) is 89.4 Å². The van der Waals surface area contributed by atoms with E-state index in [1.54, 1.807) is 60.7 Å². The molecule has 3 aromatic heterocycles. The van der Waals surface area contributed by atoms with E-state index in [0.717, 1.165) is 0 Å². The molecule has 0 amide bonds.